The Labute approximate surface area is 213 Å². The molecule has 0 aliphatic heterocycles. The van der Waals surface area contributed by atoms with Crippen LogP contribution in [-0.2, 0) is 0 Å². The van der Waals surface area contributed by atoms with Crippen molar-refractivity contribution in [1.29, 1.82) is 10.5 Å². The number of pyridine rings is 2. The summed E-state index contributed by atoms with van der Waals surface area (Å²) in [5.41, 5.74) is 3.41. The summed E-state index contributed by atoms with van der Waals surface area (Å²) in [5, 5.41) is 36.6. The van der Waals surface area contributed by atoms with Crippen molar-refractivity contribution in [3.05, 3.63) is 100 Å². The number of hydrogen-bond donors (Lipinski definition) is 3. The second kappa shape index (κ2) is 9.85. The first-order chi connectivity index (χ1) is 18.0. The number of H-pyrrole nitrogens is 1. The molecule has 180 valence electrons. The topological polar surface area (TPSA) is 139 Å². The first kappa shape index (κ1) is 23.6. The first-order valence-corrected chi connectivity index (χ1v) is 11.1. The summed E-state index contributed by atoms with van der Waals surface area (Å²) in [4.78, 5) is 7.84. The van der Waals surface area contributed by atoms with Crippen molar-refractivity contribution in [1.82, 2.24) is 25.4 Å². The van der Waals surface area contributed by atoms with E-state index < -0.39 is 17.8 Å². The molecule has 0 spiro atoms. The molecule has 9 nitrogen and oxygen atoms in total. The third-order valence-electron chi connectivity index (χ3n) is 5.53. The minimum Gasteiger partial charge on any atom is -0.371 e. The predicted octanol–water partition coefficient (Wildman–Crippen LogP) is 5.37. The van der Waals surface area contributed by atoms with E-state index in [1.165, 1.54) is 6.20 Å². The number of halogens is 3. The number of benzene rings is 2. The van der Waals surface area contributed by atoms with Crippen molar-refractivity contribution >= 4 is 39.6 Å². The second-order valence-electron chi connectivity index (χ2n) is 7.84. The SMILES string of the molecule is N#Cc1ccc([C@H](Nc2cc(Cl)cc3c(Nc4cnc(F)c(F)c4)c(C#N)cnc23)c2c[nH]nn2)cc1. The van der Waals surface area contributed by atoms with E-state index in [9.17, 15) is 14.0 Å². The van der Waals surface area contributed by atoms with E-state index in [4.69, 9.17) is 16.9 Å². The summed E-state index contributed by atoms with van der Waals surface area (Å²) in [6.45, 7) is 0. The molecule has 0 bridgehead atoms. The fraction of sp³-hybridized carbons (Fsp3) is 0.0400. The number of hydrogen-bond acceptors (Lipinski definition) is 8. The van der Waals surface area contributed by atoms with E-state index in [-0.39, 0.29) is 11.3 Å². The standard InChI is InChI=1S/C25H14ClF2N9/c26-16-5-18-22(34-17-7-19(27)25(28)32-11-17)15(9-30)10-31-24(18)20(6-16)35-23(21-12-33-37-36-21)14-3-1-13(8-29)2-4-14/h1-7,10-12,23,35H,(H,31,34)(H,33,36,37)/t23-/m0/s1. The lowest BCUT2D eigenvalue weighted by Crippen LogP contribution is -2.14. The lowest BCUT2D eigenvalue weighted by Gasteiger charge is -2.20. The highest BCUT2D eigenvalue weighted by atomic mass is 35.5. The number of rotatable bonds is 6. The highest BCUT2D eigenvalue weighted by Gasteiger charge is 2.21. The van der Waals surface area contributed by atoms with Crippen LogP contribution in [0.4, 0.5) is 25.8 Å². The van der Waals surface area contributed by atoms with Gasteiger partial charge >= 0.3 is 0 Å². The van der Waals surface area contributed by atoms with Crippen LogP contribution in [0.2, 0.25) is 5.02 Å². The molecule has 0 aliphatic rings. The van der Waals surface area contributed by atoms with Gasteiger partial charge in [-0.15, -0.1) is 5.10 Å². The lowest BCUT2D eigenvalue weighted by molar-refractivity contribution is 0.480. The van der Waals surface area contributed by atoms with Gasteiger partial charge in [-0.05, 0) is 29.8 Å². The summed E-state index contributed by atoms with van der Waals surface area (Å²) in [6, 6.07) is 14.8. The molecular formula is C25H14ClF2N9. The van der Waals surface area contributed by atoms with Crippen LogP contribution < -0.4 is 10.6 Å². The van der Waals surface area contributed by atoms with E-state index in [2.05, 4.69) is 42.1 Å². The van der Waals surface area contributed by atoms with Crippen LogP contribution in [0, 0.1) is 34.4 Å². The second-order valence-corrected chi connectivity index (χ2v) is 8.28. The zero-order valence-electron chi connectivity index (χ0n) is 18.7. The van der Waals surface area contributed by atoms with Gasteiger partial charge in [-0.2, -0.15) is 14.9 Å². The Morgan fingerprint density at radius 1 is 1.00 bits per heavy atom. The zero-order valence-corrected chi connectivity index (χ0v) is 19.4. The number of fused-ring (bicyclic) bond motifs is 1. The summed E-state index contributed by atoms with van der Waals surface area (Å²) >= 11 is 6.46. The normalized spacial score (nSPS) is 11.5. The Morgan fingerprint density at radius 2 is 1.81 bits per heavy atom. The van der Waals surface area contributed by atoms with Gasteiger partial charge in [-0.1, -0.05) is 28.9 Å². The van der Waals surface area contributed by atoms with Crippen LogP contribution in [0.3, 0.4) is 0 Å². The van der Waals surface area contributed by atoms with Crippen molar-refractivity contribution in [2.75, 3.05) is 10.6 Å². The van der Waals surface area contributed by atoms with Crippen LogP contribution >= 0.6 is 11.6 Å². The number of anilines is 3. The Morgan fingerprint density at radius 3 is 2.49 bits per heavy atom. The van der Waals surface area contributed by atoms with E-state index in [1.807, 2.05) is 6.07 Å². The number of aromatic amines is 1. The molecule has 0 fully saturated rings. The average Bonchev–Trinajstić information content (AvgIpc) is 3.44. The Bertz CT molecular complexity index is 1690. The minimum absolute atomic E-state index is 0.135. The fourth-order valence-electron chi connectivity index (χ4n) is 3.82. The molecule has 3 heterocycles. The van der Waals surface area contributed by atoms with Crippen molar-refractivity contribution < 1.29 is 8.78 Å². The smallest absolute Gasteiger partial charge is 0.249 e. The molecule has 0 amide bonds. The predicted molar refractivity (Wildman–Crippen MR) is 132 cm³/mol. The molecule has 3 aromatic heterocycles. The highest BCUT2D eigenvalue weighted by molar-refractivity contribution is 6.32. The summed E-state index contributed by atoms with van der Waals surface area (Å²) in [6.07, 6.45) is 4.11. The van der Waals surface area contributed by atoms with Crippen LogP contribution in [0.15, 0.2) is 61.1 Å². The Balaban J connectivity index is 1.63. The number of nitriles is 2. The molecule has 3 N–H and O–H groups in total. The molecule has 0 saturated carbocycles. The van der Waals surface area contributed by atoms with E-state index in [0.717, 1.165) is 17.8 Å². The number of aromatic nitrogens is 5. The number of nitrogens with zero attached hydrogens (tertiary/aromatic N) is 6. The maximum absolute atomic E-state index is 13.8. The van der Waals surface area contributed by atoms with Gasteiger partial charge in [0.2, 0.25) is 5.95 Å². The largest absolute Gasteiger partial charge is 0.371 e. The Hall–Kier alpha value is -5.13. The maximum atomic E-state index is 13.8. The lowest BCUT2D eigenvalue weighted by atomic mass is 10.0. The summed E-state index contributed by atoms with van der Waals surface area (Å²) < 4.78 is 27.1. The van der Waals surface area contributed by atoms with Gasteiger partial charge in [0, 0.05) is 28.9 Å². The van der Waals surface area contributed by atoms with Gasteiger partial charge in [0.15, 0.2) is 5.82 Å². The van der Waals surface area contributed by atoms with E-state index >= 15 is 0 Å². The third kappa shape index (κ3) is 4.72. The highest BCUT2D eigenvalue weighted by Crippen LogP contribution is 2.37. The van der Waals surface area contributed by atoms with Crippen molar-refractivity contribution in [2.24, 2.45) is 0 Å². The summed E-state index contributed by atoms with van der Waals surface area (Å²) in [7, 11) is 0. The van der Waals surface area contributed by atoms with Gasteiger partial charge < -0.3 is 10.6 Å². The quantitative estimate of drug-likeness (QED) is 0.257. The first-order valence-electron chi connectivity index (χ1n) is 10.7. The summed E-state index contributed by atoms with van der Waals surface area (Å²) in [5.74, 6) is -2.37. The molecule has 1 atom stereocenters. The molecule has 12 heteroatoms. The molecule has 2 aromatic carbocycles. The molecule has 0 unspecified atom stereocenters. The van der Waals surface area contributed by atoms with Crippen LogP contribution in [-0.4, -0.2) is 25.4 Å². The van der Waals surface area contributed by atoms with Gasteiger partial charge in [0.25, 0.3) is 0 Å². The van der Waals surface area contributed by atoms with Gasteiger partial charge in [-0.25, -0.2) is 9.37 Å². The minimum atomic E-state index is -1.23. The molecule has 37 heavy (non-hydrogen) atoms. The van der Waals surface area contributed by atoms with Gasteiger partial charge in [-0.3, -0.25) is 10.1 Å². The molecule has 5 aromatic rings. The average molecular weight is 514 g/mol. The molecule has 5 rings (SSSR count). The molecule has 0 saturated heterocycles. The number of nitrogens with one attached hydrogen (secondary N) is 3. The zero-order chi connectivity index (χ0) is 25.9. The van der Waals surface area contributed by atoms with Crippen LogP contribution in [0.1, 0.15) is 28.4 Å². The molecule has 0 aliphatic carbocycles. The van der Waals surface area contributed by atoms with E-state index in [0.29, 0.717) is 38.6 Å². The third-order valence-corrected chi connectivity index (χ3v) is 5.74. The maximum Gasteiger partial charge on any atom is 0.249 e. The van der Waals surface area contributed by atoms with Gasteiger partial charge in [0.1, 0.15) is 11.8 Å². The van der Waals surface area contributed by atoms with Crippen LogP contribution in [0.5, 0.6) is 0 Å². The Kier molecular flexibility index (Phi) is 6.29. The monoisotopic (exact) mass is 513 g/mol. The fourth-order valence-corrected chi connectivity index (χ4v) is 4.03. The molecule has 0 radical (unpaired) electrons. The van der Waals surface area contributed by atoms with Crippen molar-refractivity contribution in [3.8, 4) is 12.1 Å². The van der Waals surface area contributed by atoms with Gasteiger partial charge in [0.05, 0.1) is 52.0 Å². The van der Waals surface area contributed by atoms with Crippen LogP contribution in [0.25, 0.3) is 10.9 Å². The van der Waals surface area contributed by atoms with E-state index in [1.54, 1.807) is 42.6 Å². The van der Waals surface area contributed by atoms with Crippen molar-refractivity contribution in [3.63, 3.8) is 0 Å². The molecular weight excluding hydrogens is 500 g/mol. The van der Waals surface area contributed by atoms with Crippen molar-refractivity contribution in [2.45, 2.75) is 6.04 Å².